The molecule has 1 atom stereocenters. The highest BCUT2D eigenvalue weighted by molar-refractivity contribution is 7.91. The summed E-state index contributed by atoms with van der Waals surface area (Å²) in [7, 11) is -3.48. The molecule has 0 radical (unpaired) electrons. The standard InChI is InChI=1S/C18H26N2O5S2/c1-14-5-2-3-9-20(14)16(21)13-25-18(22)15-7-10-19(11-8-15)27(23,24)17-6-4-12-26-17/h4,6,12,14-15H,2-3,5,7-11,13H2,1H3/t14-/m1/s1. The average Bonchev–Trinajstić information content (AvgIpc) is 3.22. The second-order valence-corrected chi connectivity index (χ2v) is 10.3. The molecule has 3 rings (SSSR count). The van der Waals surface area contributed by atoms with Crippen molar-refractivity contribution in [3.8, 4) is 0 Å². The lowest BCUT2D eigenvalue weighted by molar-refractivity contribution is -0.157. The van der Waals surface area contributed by atoms with Gasteiger partial charge < -0.3 is 9.64 Å². The zero-order valence-corrected chi connectivity index (χ0v) is 17.1. The van der Waals surface area contributed by atoms with Crippen LogP contribution in [0.25, 0.3) is 0 Å². The van der Waals surface area contributed by atoms with Crippen molar-refractivity contribution in [3.05, 3.63) is 17.5 Å². The number of amides is 1. The first kappa shape index (κ1) is 20.3. The normalized spacial score (nSPS) is 22.6. The van der Waals surface area contributed by atoms with Gasteiger partial charge in [-0.05, 0) is 50.5 Å². The van der Waals surface area contributed by atoms with E-state index in [1.54, 1.807) is 22.4 Å². The summed E-state index contributed by atoms with van der Waals surface area (Å²) in [5.41, 5.74) is 0. The maximum Gasteiger partial charge on any atom is 0.309 e. The van der Waals surface area contributed by atoms with Crippen LogP contribution in [0.5, 0.6) is 0 Å². The van der Waals surface area contributed by atoms with Crippen LogP contribution in [-0.2, 0) is 24.3 Å². The van der Waals surface area contributed by atoms with Crippen molar-refractivity contribution in [2.24, 2.45) is 5.92 Å². The van der Waals surface area contributed by atoms with Gasteiger partial charge in [-0.2, -0.15) is 4.31 Å². The second-order valence-electron chi connectivity index (χ2n) is 7.15. The molecule has 1 amide bonds. The van der Waals surface area contributed by atoms with Crippen LogP contribution < -0.4 is 0 Å². The van der Waals surface area contributed by atoms with E-state index < -0.39 is 16.0 Å². The van der Waals surface area contributed by atoms with Gasteiger partial charge in [-0.25, -0.2) is 8.42 Å². The number of likely N-dealkylation sites (tertiary alicyclic amines) is 1. The Kier molecular flexibility index (Phi) is 6.54. The third-order valence-corrected chi connectivity index (χ3v) is 8.61. The maximum absolute atomic E-state index is 12.5. The topological polar surface area (TPSA) is 84.0 Å². The number of piperidine rings is 2. The Balaban J connectivity index is 1.47. The highest BCUT2D eigenvalue weighted by atomic mass is 32.2. The number of esters is 1. The Hall–Kier alpha value is -1.45. The molecule has 2 saturated heterocycles. The van der Waals surface area contributed by atoms with Crippen molar-refractivity contribution in [2.45, 2.75) is 49.3 Å². The van der Waals surface area contributed by atoms with Crippen molar-refractivity contribution in [1.82, 2.24) is 9.21 Å². The van der Waals surface area contributed by atoms with Gasteiger partial charge in [0.25, 0.3) is 15.9 Å². The van der Waals surface area contributed by atoms with Gasteiger partial charge >= 0.3 is 5.97 Å². The summed E-state index contributed by atoms with van der Waals surface area (Å²) in [5.74, 6) is -0.902. The fourth-order valence-corrected chi connectivity index (χ4v) is 6.29. The van der Waals surface area contributed by atoms with Gasteiger partial charge in [0.1, 0.15) is 4.21 Å². The van der Waals surface area contributed by atoms with Crippen LogP contribution in [0.15, 0.2) is 21.7 Å². The molecule has 0 N–H and O–H groups in total. The van der Waals surface area contributed by atoms with Crippen LogP contribution in [0.3, 0.4) is 0 Å². The lowest BCUT2D eigenvalue weighted by atomic mass is 9.98. The molecular weight excluding hydrogens is 388 g/mol. The molecule has 150 valence electrons. The number of carbonyl (C=O) groups excluding carboxylic acids is 2. The Morgan fingerprint density at radius 3 is 2.56 bits per heavy atom. The second kappa shape index (κ2) is 8.70. The first-order valence-electron chi connectivity index (χ1n) is 9.39. The first-order chi connectivity index (χ1) is 12.9. The van der Waals surface area contributed by atoms with Gasteiger partial charge in [0.2, 0.25) is 0 Å². The number of rotatable bonds is 5. The highest BCUT2D eigenvalue weighted by Crippen LogP contribution is 2.27. The van der Waals surface area contributed by atoms with Crippen molar-refractivity contribution in [3.63, 3.8) is 0 Å². The van der Waals surface area contributed by atoms with E-state index in [0.29, 0.717) is 17.1 Å². The van der Waals surface area contributed by atoms with Gasteiger partial charge in [0.05, 0.1) is 5.92 Å². The minimum absolute atomic E-state index is 0.145. The van der Waals surface area contributed by atoms with E-state index in [1.165, 1.54) is 15.6 Å². The van der Waals surface area contributed by atoms with E-state index in [9.17, 15) is 18.0 Å². The van der Waals surface area contributed by atoms with E-state index in [0.717, 1.165) is 25.8 Å². The number of sulfonamides is 1. The van der Waals surface area contributed by atoms with Crippen LogP contribution in [-0.4, -0.2) is 61.8 Å². The van der Waals surface area contributed by atoms with Crippen LogP contribution in [0.2, 0.25) is 0 Å². The molecule has 7 nitrogen and oxygen atoms in total. The molecule has 1 aromatic rings. The molecular formula is C18H26N2O5S2. The van der Waals surface area contributed by atoms with Gasteiger partial charge in [-0.3, -0.25) is 9.59 Å². The molecule has 1 aromatic heterocycles. The van der Waals surface area contributed by atoms with Gasteiger partial charge in [-0.1, -0.05) is 6.07 Å². The largest absolute Gasteiger partial charge is 0.455 e. The van der Waals surface area contributed by atoms with Gasteiger partial charge in [0.15, 0.2) is 6.61 Å². The summed E-state index contributed by atoms with van der Waals surface area (Å²) in [4.78, 5) is 26.4. The monoisotopic (exact) mass is 414 g/mol. The molecule has 2 fully saturated rings. The predicted molar refractivity (Wildman–Crippen MR) is 102 cm³/mol. The molecule has 9 heteroatoms. The maximum atomic E-state index is 12.5. The fraction of sp³-hybridized carbons (Fsp3) is 0.667. The molecule has 2 aliphatic heterocycles. The lowest BCUT2D eigenvalue weighted by Crippen LogP contribution is -2.45. The summed E-state index contributed by atoms with van der Waals surface area (Å²) in [6, 6.07) is 3.49. The Morgan fingerprint density at radius 1 is 1.19 bits per heavy atom. The molecule has 27 heavy (non-hydrogen) atoms. The Labute approximate surface area is 164 Å². The number of carbonyl (C=O) groups is 2. The van der Waals surface area contributed by atoms with Crippen LogP contribution >= 0.6 is 11.3 Å². The van der Waals surface area contributed by atoms with Crippen molar-refractivity contribution in [1.29, 1.82) is 0 Å². The summed E-state index contributed by atoms with van der Waals surface area (Å²) < 4.78 is 32.0. The number of hydrogen-bond donors (Lipinski definition) is 0. The Morgan fingerprint density at radius 2 is 1.93 bits per heavy atom. The van der Waals surface area contributed by atoms with Crippen LogP contribution in [0, 0.1) is 5.92 Å². The molecule has 0 bridgehead atoms. The van der Waals surface area contributed by atoms with E-state index in [-0.39, 0.29) is 37.6 Å². The van der Waals surface area contributed by atoms with E-state index >= 15 is 0 Å². The Bertz CT molecular complexity index is 755. The summed E-state index contributed by atoms with van der Waals surface area (Å²) in [6.07, 6.45) is 3.92. The molecule has 2 aliphatic rings. The zero-order chi connectivity index (χ0) is 19.4. The summed E-state index contributed by atoms with van der Waals surface area (Å²) >= 11 is 1.19. The van der Waals surface area contributed by atoms with Crippen molar-refractivity contribution < 1.29 is 22.7 Å². The molecule has 0 unspecified atom stereocenters. The van der Waals surface area contributed by atoms with Crippen LogP contribution in [0.1, 0.15) is 39.0 Å². The third kappa shape index (κ3) is 4.70. The number of ether oxygens (including phenoxy) is 1. The van der Waals surface area contributed by atoms with Gasteiger partial charge in [0, 0.05) is 25.7 Å². The van der Waals surface area contributed by atoms with Crippen molar-refractivity contribution in [2.75, 3.05) is 26.2 Å². The third-order valence-electron chi connectivity index (χ3n) is 5.34. The first-order valence-corrected chi connectivity index (χ1v) is 11.7. The average molecular weight is 415 g/mol. The van der Waals surface area contributed by atoms with Crippen molar-refractivity contribution >= 4 is 33.2 Å². The SMILES string of the molecule is C[C@@H]1CCCCN1C(=O)COC(=O)C1CCN(S(=O)(=O)c2cccs2)CC1. The molecule has 3 heterocycles. The molecule has 0 aromatic carbocycles. The predicted octanol–water partition coefficient (Wildman–Crippen LogP) is 2.09. The highest BCUT2D eigenvalue weighted by Gasteiger charge is 2.33. The van der Waals surface area contributed by atoms with Crippen LogP contribution in [0.4, 0.5) is 0 Å². The minimum Gasteiger partial charge on any atom is -0.455 e. The van der Waals surface area contributed by atoms with E-state index in [2.05, 4.69) is 0 Å². The zero-order valence-electron chi connectivity index (χ0n) is 15.5. The number of hydrogen-bond acceptors (Lipinski definition) is 6. The summed E-state index contributed by atoms with van der Waals surface area (Å²) in [6.45, 7) is 3.09. The van der Waals surface area contributed by atoms with E-state index in [4.69, 9.17) is 4.74 Å². The molecule has 0 spiro atoms. The number of nitrogens with zero attached hydrogens (tertiary/aromatic N) is 2. The summed E-state index contributed by atoms with van der Waals surface area (Å²) in [5, 5.41) is 1.73. The minimum atomic E-state index is -3.48. The van der Waals surface area contributed by atoms with Gasteiger partial charge in [-0.15, -0.1) is 11.3 Å². The smallest absolute Gasteiger partial charge is 0.309 e. The number of thiophene rings is 1. The quantitative estimate of drug-likeness (QED) is 0.689. The molecule has 0 saturated carbocycles. The molecule has 0 aliphatic carbocycles. The van der Waals surface area contributed by atoms with E-state index in [1.807, 2.05) is 6.92 Å². The lowest BCUT2D eigenvalue weighted by Gasteiger charge is -2.33. The fourth-order valence-electron chi connectivity index (χ4n) is 3.67.